The predicted molar refractivity (Wildman–Crippen MR) is 114 cm³/mol. The first kappa shape index (κ1) is 18.3. The Kier molecular flexibility index (Phi) is 4.83. The van der Waals surface area contributed by atoms with Crippen molar-refractivity contribution in [3.05, 3.63) is 89.0 Å². The van der Waals surface area contributed by atoms with Crippen molar-refractivity contribution in [2.45, 2.75) is 26.1 Å². The second-order valence-electron chi connectivity index (χ2n) is 7.47. The molecule has 0 saturated carbocycles. The summed E-state index contributed by atoms with van der Waals surface area (Å²) in [4.78, 5) is 6.46. The fraction of sp³-hybridized carbons (Fsp3) is 0.217. The molecule has 0 spiro atoms. The molecule has 30 heavy (non-hydrogen) atoms. The number of hydrogen-bond acceptors (Lipinski definition) is 6. The summed E-state index contributed by atoms with van der Waals surface area (Å²) in [6.45, 7) is 3.14. The van der Waals surface area contributed by atoms with Crippen LogP contribution in [0, 0.1) is 11.3 Å². The topological polar surface area (TPSA) is 82.1 Å². The molecule has 1 aliphatic rings. The standard InChI is InChI=1S/C23H21N7/c24-12-20-19-8-11-29(14-18-4-2-1-3-5-18)15-21(19)23-28-27-16-30(23)22(20)26-13-17-6-9-25-10-7-17/h1-7,9-10,16,26H,8,11,13-15H2. The van der Waals surface area contributed by atoms with Crippen LogP contribution in [0.15, 0.2) is 61.2 Å². The van der Waals surface area contributed by atoms with Crippen LogP contribution in [0.25, 0.3) is 5.65 Å². The van der Waals surface area contributed by atoms with Crippen molar-refractivity contribution in [2.75, 3.05) is 11.9 Å². The Balaban J connectivity index is 1.49. The summed E-state index contributed by atoms with van der Waals surface area (Å²) in [6.07, 6.45) is 6.04. The Hall–Kier alpha value is -3.76. The fourth-order valence-electron chi connectivity index (χ4n) is 4.13. The van der Waals surface area contributed by atoms with Gasteiger partial charge in [0.15, 0.2) is 5.65 Å². The van der Waals surface area contributed by atoms with Crippen LogP contribution in [-0.2, 0) is 26.1 Å². The minimum atomic E-state index is 0.601. The first-order valence-electron chi connectivity index (χ1n) is 10.00. The van der Waals surface area contributed by atoms with Crippen molar-refractivity contribution < 1.29 is 0 Å². The van der Waals surface area contributed by atoms with Gasteiger partial charge in [-0.1, -0.05) is 30.3 Å². The van der Waals surface area contributed by atoms with Crippen LogP contribution < -0.4 is 5.32 Å². The largest absolute Gasteiger partial charge is 0.366 e. The number of pyridine rings is 2. The van der Waals surface area contributed by atoms with E-state index >= 15 is 0 Å². The maximum Gasteiger partial charge on any atom is 0.167 e. The van der Waals surface area contributed by atoms with Crippen molar-refractivity contribution in [2.24, 2.45) is 0 Å². The maximum atomic E-state index is 10.0. The highest BCUT2D eigenvalue weighted by Gasteiger charge is 2.26. The zero-order chi connectivity index (χ0) is 20.3. The molecule has 5 rings (SSSR count). The van der Waals surface area contributed by atoms with Crippen molar-refractivity contribution >= 4 is 11.5 Å². The molecule has 0 fully saturated rings. The molecule has 7 heteroatoms. The number of rotatable bonds is 5. The molecule has 4 heterocycles. The third-order valence-electron chi connectivity index (χ3n) is 5.59. The summed E-state index contributed by atoms with van der Waals surface area (Å²) in [6, 6.07) is 16.8. The van der Waals surface area contributed by atoms with E-state index in [-0.39, 0.29) is 0 Å². The molecule has 0 radical (unpaired) electrons. The van der Waals surface area contributed by atoms with Crippen molar-refractivity contribution in [1.29, 1.82) is 5.26 Å². The lowest BCUT2D eigenvalue weighted by atomic mass is 9.95. The van der Waals surface area contributed by atoms with Crippen LogP contribution in [0.5, 0.6) is 0 Å². The number of nitrogens with zero attached hydrogens (tertiary/aromatic N) is 6. The second kappa shape index (κ2) is 7.93. The first-order chi connectivity index (χ1) is 14.8. The number of nitriles is 1. The van der Waals surface area contributed by atoms with Crippen LogP contribution in [0.3, 0.4) is 0 Å². The predicted octanol–water partition coefficient (Wildman–Crippen LogP) is 3.17. The van der Waals surface area contributed by atoms with Gasteiger partial charge in [-0.05, 0) is 35.2 Å². The van der Waals surface area contributed by atoms with Gasteiger partial charge in [0, 0.05) is 44.1 Å². The Morgan fingerprint density at radius 2 is 1.87 bits per heavy atom. The molecule has 1 N–H and O–H groups in total. The number of nitrogens with one attached hydrogen (secondary N) is 1. The molecule has 3 aromatic heterocycles. The summed E-state index contributed by atoms with van der Waals surface area (Å²) in [5, 5.41) is 22.0. The summed E-state index contributed by atoms with van der Waals surface area (Å²) in [7, 11) is 0. The second-order valence-corrected chi connectivity index (χ2v) is 7.47. The van der Waals surface area contributed by atoms with Gasteiger partial charge >= 0.3 is 0 Å². The third-order valence-corrected chi connectivity index (χ3v) is 5.59. The smallest absolute Gasteiger partial charge is 0.167 e. The van der Waals surface area contributed by atoms with E-state index in [2.05, 4.69) is 55.7 Å². The molecule has 1 aromatic carbocycles. The number of aromatic nitrogens is 4. The van der Waals surface area contributed by atoms with E-state index in [4.69, 9.17) is 0 Å². The van der Waals surface area contributed by atoms with Crippen LogP contribution in [0.4, 0.5) is 5.82 Å². The van der Waals surface area contributed by atoms with Crippen LogP contribution in [0.2, 0.25) is 0 Å². The zero-order valence-electron chi connectivity index (χ0n) is 16.5. The minimum Gasteiger partial charge on any atom is -0.366 e. The molecule has 0 unspecified atom stereocenters. The Morgan fingerprint density at radius 1 is 1.03 bits per heavy atom. The number of anilines is 1. The van der Waals surface area contributed by atoms with Gasteiger partial charge in [-0.15, -0.1) is 10.2 Å². The van der Waals surface area contributed by atoms with E-state index in [0.717, 1.165) is 54.2 Å². The van der Waals surface area contributed by atoms with Crippen molar-refractivity contribution in [1.82, 2.24) is 24.5 Å². The van der Waals surface area contributed by atoms with Gasteiger partial charge in [-0.3, -0.25) is 14.3 Å². The Labute approximate surface area is 174 Å². The van der Waals surface area contributed by atoms with Gasteiger partial charge < -0.3 is 5.32 Å². The van der Waals surface area contributed by atoms with Crippen LogP contribution >= 0.6 is 0 Å². The number of hydrogen-bond donors (Lipinski definition) is 1. The average Bonchev–Trinajstić information content (AvgIpc) is 3.29. The summed E-state index contributed by atoms with van der Waals surface area (Å²) >= 11 is 0. The van der Waals surface area contributed by atoms with Crippen LogP contribution in [0.1, 0.15) is 27.8 Å². The third kappa shape index (κ3) is 3.38. The molecule has 1 aliphatic heterocycles. The maximum absolute atomic E-state index is 10.0. The van der Waals surface area contributed by atoms with Gasteiger partial charge in [0.05, 0.1) is 5.56 Å². The normalized spacial score (nSPS) is 13.7. The molecule has 0 aliphatic carbocycles. The summed E-state index contributed by atoms with van der Waals surface area (Å²) < 4.78 is 1.91. The molecule has 148 valence electrons. The molecular weight excluding hydrogens is 374 g/mol. The van der Waals surface area contributed by atoms with E-state index in [1.54, 1.807) is 18.7 Å². The SMILES string of the molecule is N#Cc1c2c(c3nncn3c1NCc1ccncc1)CN(Cc1ccccc1)CC2. The first-order valence-corrected chi connectivity index (χ1v) is 10.00. The Morgan fingerprint density at radius 3 is 2.67 bits per heavy atom. The number of benzene rings is 1. The lowest BCUT2D eigenvalue weighted by molar-refractivity contribution is 0.246. The Bertz CT molecular complexity index is 1210. The van der Waals surface area contributed by atoms with E-state index in [0.29, 0.717) is 12.1 Å². The van der Waals surface area contributed by atoms with Crippen LogP contribution in [-0.4, -0.2) is 31.0 Å². The molecular formula is C23H21N7. The van der Waals surface area contributed by atoms with Gasteiger partial charge in [-0.25, -0.2) is 0 Å². The lowest BCUT2D eigenvalue weighted by Gasteiger charge is -2.30. The van der Waals surface area contributed by atoms with E-state index in [1.165, 1.54) is 5.56 Å². The van der Waals surface area contributed by atoms with Crippen molar-refractivity contribution in [3.8, 4) is 6.07 Å². The fourth-order valence-corrected chi connectivity index (χ4v) is 4.13. The molecule has 0 bridgehead atoms. The highest BCUT2D eigenvalue weighted by molar-refractivity contribution is 5.68. The molecule has 4 aromatic rings. The molecule has 0 amide bonds. The van der Waals surface area contributed by atoms with Gasteiger partial charge in [0.1, 0.15) is 18.2 Å². The quantitative estimate of drug-likeness (QED) is 0.559. The molecule has 0 saturated heterocycles. The summed E-state index contributed by atoms with van der Waals surface area (Å²) in [5.41, 5.74) is 6.07. The molecule has 7 nitrogen and oxygen atoms in total. The molecule has 0 atom stereocenters. The van der Waals surface area contributed by atoms with Gasteiger partial charge in [0.2, 0.25) is 0 Å². The van der Waals surface area contributed by atoms with E-state index in [9.17, 15) is 5.26 Å². The number of fused-ring (bicyclic) bond motifs is 3. The highest BCUT2D eigenvalue weighted by atomic mass is 15.3. The zero-order valence-corrected chi connectivity index (χ0v) is 16.5. The average molecular weight is 395 g/mol. The van der Waals surface area contributed by atoms with E-state index in [1.807, 2.05) is 22.6 Å². The van der Waals surface area contributed by atoms with Gasteiger partial charge in [0.25, 0.3) is 0 Å². The minimum absolute atomic E-state index is 0.601. The van der Waals surface area contributed by atoms with Crippen molar-refractivity contribution in [3.63, 3.8) is 0 Å². The monoisotopic (exact) mass is 395 g/mol. The van der Waals surface area contributed by atoms with Gasteiger partial charge in [-0.2, -0.15) is 5.26 Å². The lowest BCUT2D eigenvalue weighted by Crippen LogP contribution is -2.31. The highest BCUT2D eigenvalue weighted by Crippen LogP contribution is 2.31. The summed E-state index contributed by atoms with van der Waals surface area (Å²) in [5.74, 6) is 0.754. The van der Waals surface area contributed by atoms with E-state index < -0.39 is 0 Å².